The molecular formula is C19H17BrF2N4O2S. The van der Waals surface area contributed by atoms with E-state index in [9.17, 15) is 13.6 Å². The minimum absolute atomic E-state index is 0.0179. The quantitative estimate of drug-likeness (QED) is 0.493. The Morgan fingerprint density at radius 3 is 2.72 bits per heavy atom. The fourth-order valence-corrected chi connectivity index (χ4v) is 3.55. The molecule has 0 fully saturated rings. The standard InChI is InChI=1S/C19H17BrF2N4O2S/c1-11(28-16-6-4-3-5-13(16)21)18-24-25-19(26(18)2)29-10-17(27)23-15-8-7-12(20)9-14(15)22/h3-9,11H,10H2,1-2H3,(H,23,27). The lowest BCUT2D eigenvalue weighted by Gasteiger charge is -2.14. The first-order chi connectivity index (χ1) is 13.8. The Kier molecular flexibility index (Phi) is 6.86. The molecule has 0 aliphatic carbocycles. The lowest BCUT2D eigenvalue weighted by atomic mass is 10.3. The number of nitrogens with one attached hydrogen (secondary N) is 1. The van der Waals surface area contributed by atoms with Gasteiger partial charge in [-0.1, -0.05) is 39.8 Å². The second kappa shape index (κ2) is 9.36. The van der Waals surface area contributed by atoms with Crippen molar-refractivity contribution < 1.29 is 18.3 Å². The van der Waals surface area contributed by atoms with Crippen LogP contribution in [0.5, 0.6) is 5.75 Å². The van der Waals surface area contributed by atoms with Gasteiger partial charge < -0.3 is 14.6 Å². The summed E-state index contributed by atoms with van der Waals surface area (Å²) in [7, 11) is 1.73. The number of benzene rings is 2. The Morgan fingerprint density at radius 2 is 2.00 bits per heavy atom. The number of aromatic nitrogens is 3. The largest absolute Gasteiger partial charge is 0.480 e. The molecule has 10 heteroatoms. The summed E-state index contributed by atoms with van der Waals surface area (Å²) >= 11 is 4.31. The average Bonchev–Trinajstić information content (AvgIpc) is 3.05. The van der Waals surface area contributed by atoms with Crippen LogP contribution in [0.3, 0.4) is 0 Å². The van der Waals surface area contributed by atoms with Crippen LogP contribution in [0.2, 0.25) is 0 Å². The zero-order valence-corrected chi connectivity index (χ0v) is 17.9. The molecule has 0 bridgehead atoms. The van der Waals surface area contributed by atoms with Crippen LogP contribution >= 0.6 is 27.7 Å². The minimum atomic E-state index is -0.551. The van der Waals surface area contributed by atoms with Crippen molar-refractivity contribution in [1.29, 1.82) is 0 Å². The van der Waals surface area contributed by atoms with E-state index in [2.05, 4.69) is 31.4 Å². The van der Waals surface area contributed by atoms with Crippen molar-refractivity contribution in [3.63, 3.8) is 0 Å². The van der Waals surface area contributed by atoms with E-state index >= 15 is 0 Å². The number of hydrogen-bond acceptors (Lipinski definition) is 5. The Labute approximate surface area is 178 Å². The van der Waals surface area contributed by atoms with Crippen molar-refractivity contribution >= 4 is 39.3 Å². The Morgan fingerprint density at radius 1 is 1.24 bits per heavy atom. The van der Waals surface area contributed by atoms with E-state index in [-0.39, 0.29) is 23.1 Å². The molecule has 0 spiro atoms. The second-order valence-electron chi connectivity index (χ2n) is 6.05. The molecule has 0 saturated carbocycles. The smallest absolute Gasteiger partial charge is 0.234 e. The number of ether oxygens (including phenoxy) is 1. The Bertz CT molecular complexity index is 1030. The first-order valence-electron chi connectivity index (χ1n) is 8.53. The van der Waals surface area contributed by atoms with Crippen LogP contribution in [0.4, 0.5) is 14.5 Å². The van der Waals surface area contributed by atoms with Gasteiger partial charge in [0.05, 0.1) is 11.4 Å². The van der Waals surface area contributed by atoms with Crippen LogP contribution in [0.15, 0.2) is 52.1 Å². The summed E-state index contributed by atoms with van der Waals surface area (Å²) in [6, 6.07) is 10.5. The van der Waals surface area contributed by atoms with Gasteiger partial charge >= 0.3 is 0 Å². The number of amides is 1. The molecule has 0 aliphatic heterocycles. The zero-order valence-electron chi connectivity index (χ0n) is 15.5. The van der Waals surface area contributed by atoms with Crippen LogP contribution in [0.25, 0.3) is 0 Å². The number of carbonyl (C=O) groups excluding carboxylic acids is 1. The van der Waals surface area contributed by atoms with Crippen LogP contribution in [0, 0.1) is 11.6 Å². The number of rotatable bonds is 7. The first-order valence-corrected chi connectivity index (χ1v) is 10.3. The topological polar surface area (TPSA) is 69.0 Å². The molecule has 0 radical (unpaired) electrons. The van der Waals surface area contributed by atoms with Crippen molar-refractivity contribution in [2.75, 3.05) is 11.1 Å². The van der Waals surface area contributed by atoms with Gasteiger partial charge in [-0.2, -0.15) is 0 Å². The van der Waals surface area contributed by atoms with Gasteiger partial charge in [0.1, 0.15) is 5.82 Å². The summed E-state index contributed by atoms with van der Waals surface area (Å²) in [5.74, 6) is -0.755. The van der Waals surface area contributed by atoms with Crippen LogP contribution < -0.4 is 10.1 Å². The maximum absolute atomic E-state index is 13.8. The lowest BCUT2D eigenvalue weighted by Crippen LogP contribution is -2.15. The molecule has 1 aromatic heterocycles. The molecule has 152 valence electrons. The van der Waals surface area contributed by atoms with Crippen LogP contribution in [-0.2, 0) is 11.8 Å². The molecular weight excluding hydrogens is 466 g/mol. The number of carbonyl (C=O) groups is 1. The van der Waals surface area contributed by atoms with Crippen molar-refractivity contribution in [2.24, 2.45) is 7.05 Å². The van der Waals surface area contributed by atoms with Gasteiger partial charge in [0, 0.05) is 11.5 Å². The summed E-state index contributed by atoms with van der Waals surface area (Å²) in [5.41, 5.74) is 0.101. The second-order valence-corrected chi connectivity index (χ2v) is 7.91. The van der Waals surface area contributed by atoms with E-state index in [1.807, 2.05) is 0 Å². The molecule has 3 rings (SSSR count). The molecule has 1 N–H and O–H groups in total. The summed E-state index contributed by atoms with van der Waals surface area (Å²) in [4.78, 5) is 12.1. The van der Waals surface area contributed by atoms with Crippen molar-refractivity contribution in [2.45, 2.75) is 18.2 Å². The van der Waals surface area contributed by atoms with Gasteiger partial charge in [-0.3, -0.25) is 4.79 Å². The number of anilines is 1. The van der Waals surface area contributed by atoms with Gasteiger partial charge in [0.15, 0.2) is 28.7 Å². The number of nitrogens with zero attached hydrogens (tertiary/aromatic N) is 3. The highest BCUT2D eigenvalue weighted by molar-refractivity contribution is 9.10. The van der Waals surface area contributed by atoms with Gasteiger partial charge in [0.2, 0.25) is 5.91 Å². The highest BCUT2D eigenvalue weighted by atomic mass is 79.9. The summed E-state index contributed by atoms with van der Waals surface area (Å²) in [6.07, 6.45) is -0.551. The highest BCUT2D eigenvalue weighted by Gasteiger charge is 2.19. The number of thioether (sulfide) groups is 1. The summed E-state index contributed by atoms with van der Waals surface area (Å²) in [5, 5.41) is 11.1. The van der Waals surface area contributed by atoms with E-state index in [0.29, 0.717) is 15.5 Å². The summed E-state index contributed by atoms with van der Waals surface area (Å²) in [6.45, 7) is 1.73. The summed E-state index contributed by atoms with van der Waals surface area (Å²) < 4.78 is 35.5. The fraction of sp³-hybridized carbons (Fsp3) is 0.211. The number of para-hydroxylation sites is 1. The molecule has 6 nitrogen and oxygen atoms in total. The molecule has 1 heterocycles. The Balaban J connectivity index is 1.60. The molecule has 1 unspecified atom stereocenters. The predicted octanol–water partition coefficient (Wildman–Crippen LogP) is 4.73. The highest BCUT2D eigenvalue weighted by Crippen LogP contribution is 2.25. The molecule has 0 aliphatic rings. The fourth-order valence-electron chi connectivity index (χ4n) is 2.50. The normalized spacial score (nSPS) is 11.9. The minimum Gasteiger partial charge on any atom is -0.480 e. The van der Waals surface area contributed by atoms with E-state index in [1.165, 1.54) is 24.3 Å². The van der Waals surface area contributed by atoms with E-state index < -0.39 is 17.7 Å². The third-order valence-electron chi connectivity index (χ3n) is 3.91. The van der Waals surface area contributed by atoms with Crippen molar-refractivity contribution in [3.8, 4) is 5.75 Å². The molecule has 0 saturated heterocycles. The average molecular weight is 483 g/mol. The van der Waals surface area contributed by atoms with Gasteiger partial charge in [0.25, 0.3) is 0 Å². The van der Waals surface area contributed by atoms with E-state index in [0.717, 1.165) is 11.8 Å². The monoisotopic (exact) mass is 482 g/mol. The Hall–Kier alpha value is -2.46. The molecule has 1 amide bonds. The lowest BCUT2D eigenvalue weighted by molar-refractivity contribution is -0.113. The van der Waals surface area contributed by atoms with Gasteiger partial charge in [-0.15, -0.1) is 10.2 Å². The van der Waals surface area contributed by atoms with E-state index in [4.69, 9.17) is 4.74 Å². The molecule has 29 heavy (non-hydrogen) atoms. The zero-order chi connectivity index (χ0) is 21.0. The predicted molar refractivity (Wildman–Crippen MR) is 110 cm³/mol. The van der Waals surface area contributed by atoms with Gasteiger partial charge in [-0.05, 0) is 37.3 Å². The molecule has 3 aromatic rings. The number of halogens is 3. The molecule has 2 aromatic carbocycles. The third kappa shape index (κ3) is 5.33. The SMILES string of the molecule is CC(Oc1ccccc1F)c1nnc(SCC(=O)Nc2ccc(Br)cc2F)n1C. The maximum atomic E-state index is 13.8. The first kappa shape index (κ1) is 21.3. The van der Waals surface area contributed by atoms with Crippen molar-refractivity contribution in [3.05, 3.63) is 64.4 Å². The van der Waals surface area contributed by atoms with E-state index in [1.54, 1.807) is 36.7 Å². The number of hydrogen-bond donors (Lipinski definition) is 1. The third-order valence-corrected chi connectivity index (χ3v) is 5.42. The van der Waals surface area contributed by atoms with Crippen molar-refractivity contribution in [1.82, 2.24) is 14.8 Å². The van der Waals surface area contributed by atoms with Gasteiger partial charge in [-0.25, -0.2) is 8.78 Å². The van der Waals surface area contributed by atoms with Crippen LogP contribution in [0.1, 0.15) is 18.9 Å². The maximum Gasteiger partial charge on any atom is 0.234 e. The molecule has 1 atom stereocenters. The van der Waals surface area contributed by atoms with Crippen LogP contribution in [-0.4, -0.2) is 26.4 Å².